The number of hydrogen-bond acceptors (Lipinski definition) is 5. The van der Waals surface area contributed by atoms with Gasteiger partial charge in [0.25, 0.3) is 0 Å². The summed E-state index contributed by atoms with van der Waals surface area (Å²) < 4.78 is 5.19. The number of aryl methyl sites for hydroxylation is 2. The van der Waals surface area contributed by atoms with Crippen LogP contribution in [-0.2, 0) is 16.7 Å². The fourth-order valence-corrected chi connectivity index (χ4v) is 4.19. The highest BCUT2D eigenvalue weighted by Crippen LogP contribution is 2.38. The Morgan fingerprint density at radius 3 is 2.80 bits per heavy atom. The molecule has 4 nitrogen and oxygen atoms in total. The molecule has 2 heterocycles. The molecular formula is C15H27N3OS. The Kier molecular flexibility index (Phi) is 5.18. The first-order valence-corrected chi connectivity index (χ1v) is 8.25. The number of likely N-dealkylation sites (tertiary alicyclic amines) is 1. The summed E-state index contributed by atoms with van der Waals surface area (Å²) in [5.41, 5.74) is 1.25. The van der Waals surface area contributed by atoms with Crippen LogP contribution >= 0.6 is 11.3 Å². The van der Waals surface area contributed by atoms with Crippen LogP contribution in [0, 0.1) is 6.92 Å². The number of ether oxygens (including phenoxy) is 1. The molecule has 2 unspecified atom stereocenters. The first-order valence-electron chi connectivity index (χ1n) is 7.43. The molecule has 0 radical (unpaired) electrons. The fraction of sp³-hybridized carbons (Fsp3) is 0.800. The van der Waals surface area contributed by atoms with Crippen molar-refractivity contribution in [2.75, 3.05) is 33.9 Å². The predicted octanol–water partition coefficient (Wildman–Crippen LogP) is 2.17. The molecule has 114 valence electrons. The second-order valence-electron chi connectivity index (χ2n) is 5.85. The van der Waals surface area contributed by atoms with Gasteiger partial charge in [0.2, 0.25) is 0 Å². The highest BCUT2D eigenvalue weighted by molar-refractivity contribution is 7.11. The maximum atomic E-state index is 5.19. The molecule has 2 atom stereocenters. The summed E-state index contributed by atoms with van der Waals surface area (Å²) in [5.74, 6) is 0. The van der Waals surface area contributed by atoms with Crippen molar-refractivity contribution >= 4 is 11.3 Å². The van der Waals surface area contributed by atoms with Gasteiger partial charge in [-0.1, -0.05) is 6.92 Å². The normalized spacial score (nSPS) is 27.4. The highest BCUT2D eigenvalue weighted by atomic mass is 32.1. The molecule has 1 saturated heterocycles. The third-order valence-electron chi connectivity index (χ3n) is 4.32. The minimum Gasteiger partial charge on any atom is -0.383 e. The van der Waals surface area contributed by atoms with E-state index in [0.717, 1.165) is 32.5 Å². The van der Waals surface area contributed by atoms with Gasteiger partial charge in [0, 0.05) is 31.1 Å². The van der Waals surface area contributed by atoms with E-state index in [0.29, 0.717) is 6.04 Å². The Hall–Kier alpha value is -0.490. The van der Waals surface area contributed by atoms with Gasteiger partial charge in [0.1, 0.15) is 5.01 Å². The third kappa shape index (κ3) is 3.06. The number of nitrogens with one attached hydrogen (secondary N) is 1. The second-order valence-corrected chi connectivity index (χ2v) is 7.05. The zero-order valence-corrected chi connectivity index (χ0v) is 14.1. The molecule has 0 spiro atoms. The van der Waals surface area contributed by atoms with Gasteiger partial charge >= 0.3 is 0 Å². The standard InChI is InChI=1S/C15H27N3OS/c1-6-13-12(3)20-14(17-13)15(16-7-8-19-5)9-11(2)18(4)10-15/h11,16H,6-10H2,1-5H3. The molecule has 1 aliphatic rings. The molecule has 0 bridgehead atoms. The van der Waals surface area contributed by atoms with Crippen molar-refractivity contribution in [3.8, 4) is 0 Å². The van der Waals surface area contributed by atoms with E-state index in [1.165, 1.54) is 15.6 Å². The molecule has 1 aromatic heterocycles. The van der Waals surface area contributed by atoms with Crippen LogP contribution in [0.4, 0.5) is 0 Å². The number of rotatable bonds is 6. The third-order valence-corrected chi connectivity index (χ3v) is 5.54. The lowest BCUT2D eigenvalue weighted by Crippen LogP contribution is -2.45. The summed E-state index contributed by atoms with van der Waals surface area (Å²) in [4.78, 5) is 8.70. The van der Waals surface area contributed by atoms with E-state index in [1.807, 2.05) is 11.3 Å². The van der Waals surface area contributed by atoms with Crippen LogP contribution in [0.25, 0.3) is 0 Å². The first kappa shape index (κ1) is 15.9. The maximum absolute atomic E-state index is 5.19. The largest absolute Gasteiger partial charge is 0.383 e. The van der Waals surface area contributed by atoms with Crippen LogP contribution in [0.5, 0.6) is 0 Å². The van der Waals surface area contributed by atoms with Gasteiger partial charge in [0.15, 0.2) is 0 Å². The van der Waals surface area contributed by atoms with Gasteiger partial charge in [0.05, 0.1) is 17.8 Å². The van der Waals surface area contributed by atoms with Crippen molar-refractivity contribution in [1.29, 1.82) is 0 Å². The van der Waals surface area contributed by atoms with Crippen molar-refractivity contribution < 1.29 is 4.74 Å². The summed E-state index contributed by atoms with van der Waals surface area (Å²) >= 11 is 1.86. The van der Waals surface area contributed by atoms with E-state index in [-0.39, 0.29) is 5.54 Å². The predicted molar refractivity (Wildman–Crippen MR) is 84.5 cm³/mol. The van der Waals surface area contributed by atoms with Gasteiger partial charge in [-0.3, -0.25) is 0 Å². The second kappa shape index (κ2) is 6.52. The maximum Gasteiger partial charge on any atom is 0.115 e. The summed E-state index contributed by atoms with van der Waals surface area (Å²) in [6.07, 6.45) is 2.13. The quantitative estimate of drug-likeness (QED) is 0.817. The molecule has 0 aromatic carbocycles. The molecule has 0 saturated carbocycles. The Labute approximate surface area is 126 Å². The molecular weight excluding hydrogens is 270 g/mol. The smallest absolute Gasteiger partial charge is 0.115 e. The topological polar surface area (TPSA) is 37.4 Å². The molecule has 1 N–H and O–H groups in total. The van der Waals surface area contributed by atoms with E-state index < -0.39 is 0 Å². The van der Waals surface area contributed by atoms with Gasteiger partial charge in [-0.05, 0) is 33.7 Å². The number of nitrogens with zero attached hydrogens (tertiary/aromatic N) is 2. The lowest BCUT2D eigenvalue weighted by atomic mass is 9.97. The molecule has 5 heteroatoms. The number of thiazole rings is 1. The fourth-order valence-electron chi connectivity index (χ4n) is 3.02. The van der Waals surface area contributed by atoms with E-state index in [1.54, 1.807) is 7.11 Å². The van der Waals surface area contributed by atoms with Crippen LogP contribution in [0.15, 0.2) is 0 Å². The van der Waals surface area contributed by atoms with E-state index in [4.69, 9.17) is 9.72 Å². The Balaban J connectivity index is 2.26. The zero-order valence-electron chi connectivity index (χ0n) is 13.3. The van der Waals surface area contributed by atoms with Crippen molar-refractivity contribution in [3.05, 3.63) is 15.6 Å². The molecule has 1 aliphatic heterocycles. The molecule has 0 aliphatic carbocycles. The Morgan fingerprint density at radius 2 is 2.30 bits per heavy atom. The molecule has 1 fully saturated rings. The first-order chi connectivity index (χ1) is 9.52. The van der Waals surface area contributed by atoms with Gasteiger partial charge in [-0.15, -0.1) is 11.3 Å². The molecule has 2 rings (SSSR count). The zero-order chi connectivity index (χ0) is 14.8. The Bertz CT molecular complexity index is 436. The van der Waals surface area contributed by atoms with Crippen molar-refractivity contribution in [3.63, 3.8) is 0 Å². The van der Waals surface area contributed by atoms with Gasteiger partial charge < -0.3 is 15.0 Å². The molecule has 0 amide bonds. The average Bonchev–Trinajstić information content (AvgIpc) is 2.92. The van der Waals surface area contributed by atoms with Crippen molar-refractivity contribution in [1.82, 2.24) is 15.2 Å². The van der Waals surface area contributed by atoms with Crippen LogP contribution < -0.4 is 5.32 Å². The van der Waals surface area contributed by atoms with E-state index in [2.05, 4.69) is 38.0 Å². The minimum atomic E-state index is -0.00442. The van der Waals surface area contributed by atoms with E-state index in [9.17, 15) is 0 Å². The molecule has 20 heavy (non-hydrogen) atoms. The SMILES string of the molecule is CCc1nc(C2(NCCOC)CC(C)N(C)C2)sc1C. The van der Waals surface area contributed by atoms with Crippen LogP contribution in [0.2, 0.25) is 0 Å². The van der Waals surface area contributed by atoms with E-state index >= 15 is 0 Å². The summed E-state index contributed by atoms with van der Waals surface area (Å²) in [6, 6.07) is 0.583. The summed E-state index contributed by atoms with van der Waals surface area (Å²) in [6.45, 7) is 9.29. The summed E-state index contributed by atoms with van der Waals surface area (Å²) in [5, 5.41) is 4.97. The molecule has 1 aromatic rings. The number of likely N-dealkylation sites (N-methyl/N-ethyl adjacent to an activating group) is 1. The van der Waals surface area contributed by atoms with Crippen molar-refractivity contribution in [2.24, 2.45) is 0 Å². The van der Waals surface area contributed by atoms with Crippen LogP contribution in [0.3, 0.4) is 0 Å². The number of methoxy groups -OCH3 is 1. The number of hydrogen-bond donors (Lipinski definition) is 1. The summed E-state index contributed by atoms with van der Waals surface area (Å²) in [7, 11) is 3.95. The average molecular weight is 297 g/mol. The Morgan fingerprint density at radius 1 is 1.55 bits per heavy atom. The van der Waals surface area contributed by atoms with Gasteiger partial charge in [-0.2, -0.15) is 0 Å². The van der Waals surface area contributed by atoms with Crippen molar-refractivity contribution in [2.45, 2.75) is 45.2 Å². The number of aromatic nitrogens is 1. The van der Waals surface area contributed by atoms with Gasteiger partial charge in [-0.25, -0.2) is 4.98 Å². The lowest BCUT2D eigenvalue weighted by Gasteiger charge is -2.28. The lowest BCUT2D eigenvalue weighted by molar-refractivity contribution is 0.183. The monoisotopic (exact) mass is 297 g/mol. The van der Waals surface area contributed by atoms with Crippen LogP contribution in [0.1, 0.15) is 35.8 Å². The highest BCUT2D eigenvalue weighted by Gasteiger charge is 2.44. The van der Waals surface area contributed by atoms with Crippen LogP contribution in [-0.4, -0.2) is 49.8 Å². The minimum absolute atomic E-state index is 0.00442.